The molecule has 0 bridgehead atoms. The predicted molar refractivity (Wildman–Crippen MR) is 119 cm³/mol. The third-order valence-corrected chi connectivity index (χ3v) is 6.71. The van der Waals surface area contributed by atoms with Gasteiger partial charge in [-0.2, -0.15) is 0 Å². The van der Waals surface area contributed by atoms with Crippen LogP contribution in [0.25, 0.3) is 0 Å². The second kappa shape index (κ2) is 10.1. The molecule has 1 saturated heterocycles. The molecule has 1 unspecified atom stereocenters. The standard InChI is InChI=1S/C23H40N4O4/c1-13(2)15-11-17(27(12-15)22(31)19(24)23(3,4)5)20(29)26-16(10-9-14-7-8-14)18(28)21(30)25-6/h13-17,19H,7-12,24H2,1-6H3,(H,25,30)(H,26,29)/t15-,16?,17+,19-/m1/s1. The van der Waals surface area contributed by atoms with Crippen LogP contribution >= 0.6 is 0 Å². The van der Waals surface area contributed by atoms with Gasteiger partial charge in [0.15, 0.2) is 0 Å². The minimum Gasteiger partial charge on any atom is -0.353 e. The molecule has 1 saturated carbocycles. The van der Waals surface area contributed by atoms with Crippen LogP contribution in [-0.4, -0.2) is 60.1 Å². The summed E-state index contributed by atoms with van der Waals surface area (Å²) >= 11 is 0. The zero-order valence-corrected chi connectivity index (χ0v) is 19.9. The van der Waals surface area contributed by atoms with Crippen molar-refractivity contribution in [2.24, 2.45) is 28.9 Å². The Morgan fingerprint density at radius 3 is 2.23 bits per heavy atom. The Kier molecular flexibility index (Phi) is 8.25. The first kappa shape index (κ1) is 25.3. The summed E-state index contributed by atoms with van der Waals surface area (Å²) in [6, 6.07) is -2.29. The van der Waals surface area contributed by atoms with Crippen molar-refractivity contribution in [2.45, 2.75) is 84.8 Å². The number of nitrogens with one attached hydrogen (secondary N) is 2. The van der Waals surface area contributed by atoms with Gasteiger partial charge in [-0.3, -0.25) is 19.2 Å². The number of hydrogen-bond donors (Lipinski definition) is 3. The molecule has 0 aromatic heterocycles. The monoisotopic (exact) mass is 436 g/mol. The fourth-order valence-electron chi connectivity index (χ4n) is 4.02. The second-order valence-corrected chi connectivity index (χ2v) is 10.6. The molecule has 31 heavy (non-hydrogen) atoms. The van der Waals surface area contributed by atoms with E-state index in [9.17, 15) is 19.2 Å². The number of carbonyl (C=O) groups excluding carboxylic acids is 4. The number of nitrogens with two attached hydrogens (primary N) is 1. The number of ketones is 1. The predicted octanol–water partition coefficient (Wildman–Crippen LogP) is 1.22. The quantitative estimate of drug-likeness (QED) is 0.469. The van der Waals surface area contributed by atoms with Crippen LogP contribution in [0.5, 0.6) is 0 Å². The molecule has 4 N–H and O–H groups in total. The van der Waals surface area contributed by atoms with E-state index in [1.165, 1.54) is 7.05 Å². The number of likely N-dealkylation sites (N-methyl/N-ethyl adjacent to an activating group) is 1. The van der Waals surface area contributed by atoms with Gasteiger partial charge in [0.25, 0.3) is 5.91 Å². The summed E-state index contributed by atoms with van der Waals surface area (Å²) < 4.78 is 0. The van der Waals surface area contributed by atoms with Gasteiger partial charge in [-0.05, 0) is 42.4 Å². The Bertz CT molecular complexity index is 696. The van der Waals surface area contributed by atoms with Gasteiger partial charge in [-0.25, -0.2) is 0 Å². The summed E-state index contributed by atoms with van der Waals surface area (Å²) in [7, 11) is 1.40. The van der Waals surface area contributed by atoms with Crippen molar-refractivity contribution in [1.82, 2.24) is 15.5 Å². The first-order chi connectivity index (χ1) is 14.4. The summed E-state index contributed by atoms with van der Waals surface area (Å²) in [5.41, 5.74) is 5.79. The molecule has 8 nitrogen and oxygen atoms in total. The van der Waals surface area contributed by atoms with Crippen LogP contribution in [0.15, 0.2) is 0 Å². The molecule has 0 aromatic rings. The molecule has 2 fully saturated rings. The van der Waals surface area contributed by atoms with Crippen molar-refractivity contribution in [3.63, 3.8) is 0 Å². The topological polar surface area (TPSA) is 122 Å². The molecule has 0 aromatic carbocycles. The Morgan fingerprint density at radius 2 is 1.74 bits per heavy atom. The van der Waals surface area contributed by atoms with Crippen LogP contribution in [0.3, 0.4) is 0 Å². The maximum absolute atomic E-state index is 13.3. The van der Waals surface area contributed by atoms with Crippen LogP contribution in [0.4, 0.5) is 0 Å². The molecule has 2 aliphatic rings. The first-order valence-electron chi connectivity index (χ1n) is 11.5. The van der Waals surface area contributed by atoms with Gasteiger partial charge in [-0.1, -0.05) is 47.5 Å². The van der Waals surface area contributed by atoms with Crippen LogP contribution in [-0.2, 0) is 19.2 Å². The van der Waals surface area contributed by atoms with Crippen molar-refractivity contribution in [3.8, 4) is 0 Å². The minimum atomic E-state index is -0.876. The lowest BCUT2D eigenvalue weighted by atomic mass is 9.86. The summed E-state index contributed by atoms with van der Waals surface area (Å²) in [5.74, 6) is -0.937. The van der Waals surface area contributed by atoms with Crippen molar-refractivity contribution in [1.29, 1.82) is 0 Å². The highest BCUT2D eigenvalue weighted by atomic mass is 16.2. The van der Waals surface area contributed by atoms with Crippen LogP contribution in [0.1, 0.15) is 66.7 Å². The summed E-state index contributed by atoms with van der Waals surface area (Å²) in [6.07, 6.45) is 4.00. The fourth-order valence-corrected chi connectivity index (χ4v) is 4.02. The van der Waals surface area contributed by atoms with Crippen molar-refractivity contribution in [3.05, 3.63) is 0 Å². The molecule has 0 radical (unpaired) electrons. The summed E-state index contributed by atoms with van der Waals surface area (Å²) in [5, 5.41) is 5.15. The Hall–Kier alpha value is -1.96. The molecule has 3 amide bonds. The first-order valence-corrected chi connectivity index (χ1v) is 11.5. The molecule has 0 spiro atoms. The highest BCUT2D eigenvalue weighted by molar-refractivity contribution is 6.38. The van der Waals surface area contributed by atoms with Gasteiger partial charge in [0.05, 0.1) is 12.1 Å². The third kappa shape index (κ3) is 6.51. The highest BCUT2D eigenvalue weighted by Gasteiger charge is 2.44. The molecule has 1 aliphatic carbocycles. The van der Waals surface area contributed by atoms with E-state index in [-0.39, 0.29) is 17.7 Å². The van der Waals surface area contributed by atoms with E-state index < -0.39 is 35.2 Å². The van der Waals surface area contributed by atoms with Crippen LogP contribution in [0, 0.1) is 23.2 Å². The van der Waals surface area contributed by atoms with E-state index >= 15 is 0 Å². The Balaban J connectivity index is 2.18. The average molecular weight is 437 g/mol. The number of likely N-dealkylation sites (tertiary alicyclic amines) is 1. The van der Waals surface area contributed by atoms with Gasteiger partial charge >= 0.3 is 0 Å². The highest BCUT2D eigenvalue weighted by Crippen LogP contribution is 2.34. The van der Waals surface area contributed by atoms with E-state index in [2.05, 4.69) is 24.5 Å². The Labute approximate surface area is 186 Å². The largest absolute Gasteiger partial charge is 0.353 e. The average Bonchev–Trinajstić information content (AvgIpc) is 3.42. The van der Waals surface area contributed by atoms with Gasteiger partial charge in [0, 0.05) is 13.6 Å². The molecule has 1 heterocycles. The van der Waals surface area contributed by atoms with Gasteiger partial charge in [-0.15, -0.1) is 0 Å². The van der Waals surface area contributed by atoms with Gasteiger partial charge < -0.3 is 21.3 Å². The number of Topliss-reactive ketones (excluding diaryl/α,β-unsaturated/α-hetero) is 1. The second-order valence-electron chi connectivity index (χ2n) is 10.6. The van der Waals surface area contributed by atoms with Gasteiger partial charge in [0.2, 0.25) is 17.6 Å². The number of nitrogens with zero attached hydrogens (tertiary/aromatic N) is 1. The van der Waals surface area contributed by atoms with E-state index in [1.807, 2.05) is 20.8 Å². The number of rotatable bonds is 9. The van der Waals surface area contributed by atoms with Crippen molar-refractivity contribution in [2.75, 3.05) is 13.6 Å². The fraction of sp³-hybridized carbons (Fsp3) is 0.826. The number of hydrogen-bond acceptors (Lipinski definition) is 5. The molecular formula is C23H40N4O4. The smallest absolute Gasteiger partial charge is 0.289 e. The molecule has 8 heteroatoms. The molecule has 2 rings (SSSR count). The van der Waals surface area contributed by atoms with Crippen LogP contribution < -0.4 is 16.4 Å². The normalized spacial score (nSPS) is 23.4. The molecule has 4 atom stereocenters. The zero-order chi connectivity index (χ0) is 23.5. The minimum absolute atomic E-state index is 0.173. The van der Waals surface area contributed by atoms with E-state index in [4.69, 9.17) is 5.73 Å². The summed E-state index contributed by atoms with van der Waals surface area (Å²) in [4.78, 5) is 52.5. The molecule has 176 valence electrons. The maximum atomic E-state index is 13.3. The van der Waals surface area contributed by atoms with E-state index in [0.717, 1.165) is 19.3 Å². The van der Waals surface area contributed by atoms with E-state index in [1.54, 1.807) is 4.90 Å². The lowest BCUT2D eigenvalue weighted by molar-refractivity contribution is -0.143. The number of amides is 3. The van der Waals surface area contributed by atoms with Gasteiger partial charge in [0.1, 0.15) is 6.04 Å². The third-order valence-electron chi connectivity index (χ3n) is 6.71. The maximum Gasteiger partial charge on any atom is 0.289 e. The molecule has 1 aliphatic heterocycles. The lowest BCUT2D eigenvalue weighted by Gasteiger charge is -2.33. The van der Waals surface area contributed by atoms with Crippen LogP contribution in [0.2, 0.25) is 0 Å². The zero-order valence-electron chi connectivity index (χ0n) is 19.9. The summed E-state index contributed by atoms with van der Waals surface area (Å²) in [6.45, 7) is 10.3. The molecular weight excluding hydrogens is 396 g/mol. The van der Waals surface area contributed by atoms with Crippen molar-refractivity contribution >= 4 is 23.5 Å². The van der Waals surface area contributed by atoms with E-state index in [0.29, 0.717) is 31.2 Å². The SMILES string of the molecule is CNC(=O)C(=O)C(CCC1CC1)NC(=O)[C@@H]1C[C@@H](C(C)C)CN1C(=O)[C@@H](N)C(C)(C)C. The number of carbonyl (C=O) groups is 4. The lowest BCUT2D eigenvalue weighted by Crippen LogP contribution is -2.57. The Morgan fingerprint density at radius 1 is 1.13 bits per heavy atom. The van der Waals surface area contributed by atoms with Crippen molar-refractivity contribution < 1.29 is 19.2 Å².